The maximum absolute atomic E-state index is 11.4. The Hall–Kier alpha value is -0.250. The lowest BCUT2D eigenvalue weighted by Crippen LogP contribution is -2.08. The summed E-state index contributed by atoms with van der Waals surface area (Å²) in [7, 11) is 0. The molecule has 0 aromatic rings. The van der Waals surface area contributed by atoms with E-state index in [1.54, 1.807) is 0 Å². The zero-order valence-electron chi connectivity index (χ0n) is 5.74. The van der Waals surface area contributed by atoms with Crippen LogP contribution in [-0.2, 0) is 5.11 Å². The first-order chi connectivity index (χ1) is 4.42. The van der Waals surface area contributed by atoms with Gasteiger partial charge in [-0.15, -0.1) is 0 Å². The lowest BCUT2D eigenvalue weighted by atomic mass is 10.2. The third kappa shape index (κ3) is 7.75. The molecular weight excluding hydrogens is 145 g/mol. The molecule has 0 aliphatic carbocycles. The molecule has 0 fully saturated rings. The summed E-state index contributed by atoms with van der Waals surface area (Å²) in [6.07, 6.45) is -5.75. The van der Waals surface area contributed by atoms with Crippen molar-refractivity contribution in [3.63, 3.8) is 0 Å². The average Bonchev–Trinajstić information content (AvgIpc) is 1.59. The fourth-order valence-electron chi connectivity index (χ4n) is 0.590. The molecule has 0 aromatic carbocycles. The number of hydrogen-bond acceptors (Lipinski definition) is 0. The predicted octanol–water partition coefficient (Wildman–Crippen LogP) is 2.54. The summed E-state index contributed by atoms with van der Waals surface area (Å²) in [4.78, 5) is 0. The molecule has 10 heavy (non-hydrogen) atoms. The van der Waals surface area contributed by atoms with Crippen molar-refractivity contribution in [3.05, 3.63) is 0 Å². The van der Waals surface area contributed by atoms with Gasteiger partial charge in [-0.25, -0.2) is 5.11 Å². The molecule has 61 valence electrons. The van der Waals surface area contributed by atoms with E-state index < -0.39 is 18.7 Å². The summed E-state index contributed by atoms with van der Waals surface area (Å²) in [5, 5.41) is 10.2. The summed E-state index contributed by atoms with van der Waals surface area (Å²) < 4.78 is 34.2. The Morgan fingerprint density at radius 2 is 1.90 bits per heavy atom. The van der Waals surface area contributed by atoms with Crippen LogP contribution in [0.15, 0.2) is 0 Å². The van der Waals surface area contributed by atoms with Gasteiger partial charge in [0.1, 0.15) is 0 Å². The van der Waals surface area contributed by atoms with Crippen molar-refractivity contribution in [2.24, 2.45) is 0 Å². The maximum atomic E-state index is 11.4. The van der Waals surface area contributed by atoms with Crippen molar-refractivity contribution in [3.8, 4) is 0 Å². The monoisotopic (exact) mass is 155 g/mol. The fraction of sp³-hybridized carbons (Fsp3) is 1.00. The molecule has 0 amide bonds. The summed E-state index contributed by atoms with van der Waals surface area (Å²) in [5.41, 5.74) is 0. The normalized spacial score (nSPS) is 15.3. The van der Waals surface area contributed by atoms with Gasteiger partial charge in [0, 0.05) is 6.42 Å². The maximum Gasteiger partial charge on any atom is 0.389 e. The van der Waals surface area contributed by atoms with Crippen LogP contribution in [0.3, 0.4) is 0 Å². The molecule has 0 saturated carbocycles. The van der Waals surface area contributed by atoms with Crippen molar-refractivity contribution < 1.29 is 18.3 Å². The molecule has 1 unspecified atom stereocenters. The molecule has 1 radical (unpaired) electrons. The minimum absolute atomic E-state index is 0.0475. The van der Waals surface area contributed by atoms with E-state index >= 15 is 0 Å². The topological polar surface area (TPSA) is 19.9 Å². The van der Waals surface area contributed by atoms with Gasteiger partial charge in [-0.2, -0.15) is 13.2 Å². The summed E-state index contributed by atoms with van der Waals surface area (Å²) in [6, 6.07) is 0. The minimum Gasteiger partial charge on any atom is -0.233 e. The van der Waals surface area contributed by atoms with Crippen LogP contribution in [0.25, 0.3) is 0 Å². The number of rotatable bonds is 3. The van der Waals surface area contributed by atoms with Crippen LogP contribution in [0.1, 0.15) is 26.2 Å². The van der Waals surface area contributed by atoms with Crippen LogP contribution in [0.5, 0.6) is 0 Å². The lowest BCUT2D eigenvalue weighted by molar-refractivity contribution is -0.136. The highest BCUT2D eigenvalue weighted by atomic mass is 19.4. The van der Waals surface area contributed by atoms with Crippen LogP contribution >= 0.6 is 0 Å². The highest BCUT2D eigenvalue weighted by Gasteiger charge is 2.26. The van der Waals surface area contributed by atoms with Gasteiger partial charge < -0.3 is 0 Å². The predicted molar refractivity (Wildman–Crippen MR) is 30.1 cm³/mol. The Labute approximate surface area is 57.9 Å². The molecule has 0 aromatic heterocycles. The Morgan fingerprint density at radius 1 is 1.40 bits per heavy atom. The highest BCUT2D eigenvalue weighted by Crippen LogP contribution is 2.22. The van der Waals surface area contributed by atoms with Gasteiger partial charge in [0.15, 0.2) is 0 Å². The standard InChI is InChI=1S/C6H10F3O/c1-5(10)3-2-4-6(7,8)9/h5H,2-4H2,1H3. The van der Waals surface area contributed by atoms with Gasteiger partial charge >= 0.3 is 6.18 Å². The second-order valence-electron chi connectivity index (χ2n) is 2.32. The highest BCUT2D eigenvalue weighted by molar-refractivity contribution is 4.53. The first-order valence-electron chi connectivity index (χ1n) is 3.14. The molecule has 0 bridgehead atoms. The molecule has 1 atom stereocenters. The fourth-order valence-corrected chi connectivity index (χ4v) is 0.590. The van der Waals surface area contributed by atoms with Crippen molar-refractivity contribution in [2.45, 2.75) is 38.5 Å². The average molecular weight is 155 g/mol. The van der Waals surface area contributed by atoms with Crippen LogP contribution in [0.2, 0.25) is 0 Å². The smallest absolute Gasteiger partial charge is 0.233 e. The number of hydrogen-bond donors (Lipinski definition) is 0. The van der Waals surface area contributed by atoms with E-state index in [0.717, 1.165) is 0 Å². The quantitative estimate of drug-likeness (QED) is 0.596. The van der Waals surface area contributed by atoms with Crippen LogP contribution < -0.4 is 0 Å². The van der Waals surface area contributed by atoms with Crippen LogP contribution in [0.4, 0.5) is 13.2 Å². The Morgan fingerprint density at radius 3 is 2.20 bits per heavy atom. The molecule has 0 rings (SSSR count). The summed E-state index contributed by atoms with van der Waals surface area (Å²) in [5.74, 6) is 0. The van der Waals surface area contributed by atoms with Gasteiger partial charge in [0.05, 0.1) is 6.10 Å². The Bertz CT molecular complexity index is 87.5. The van der Waals surface area contributed by atoms with E-state index in [9.17, 15) is 18.3 Å². The van der Waals surface area contributed by atoms with E-state index in [0.29, 0.717) is 0 Å². The van der Waals surface area contributed by atoms with Gasteiger partial charge in [-0.3, -0.25) is 0 Å². The number of alkyl halides is 3. The van der Waals surface area contributed by atoms with E-state index in [-0.39, 0.29) is 12.8 Å². The van der Waals surface area contributed by atoms with Gasteiger partial charge in [0.2, 0.25) is 0 Å². The Kier molecular flexibility index (Phi) is 3.71. The zero-order valence-corrected chi connectivity index (χ0v) is 5.74. The molecule has 0 aliphatic heterocycles. The molecule has 0 aliphatic rings. The minimum atomic E-state index is -4.10. The largest absolute Gasteiger partial charge is 0.389 e. The SMILES string of the molecule is CC([O])CCCC(F)(F)F. The Balaban J connectivity index is 3.21. The molecular formula is C6H10F3O. The van der Waals surface area contributed by atoms with Crippen molar-refractivity contribution >= 4 is 0 Å². The second-order valence-corrected chi connectivity index (χ2v) is 2.32. The van der Waals surface area contributed by atoms with E-state index in [4.69, 9.17) is 0 Å². The molecule has 0 N–H and O–H groups in total. The number of halogens is 3. The van der Waals surface area contributed by atoms with Crippen molar-refractivity contribution in [1.82, 2.24) is 0 Å². The van der Waals surface area contributed by atoms with Crippen LogP contribution in [-0.4, -0.2) is 12.3 Å². The molecule has 0 saturated heterocycles. The zero-order chi connectivity index (χ0) is 8.20. The molecule has 1 nitrogen and oxygen atoms in total. The van der Waals surface area contributed by atoms with Crippen molar-refractivity contribution in [2.75, 3.05) is 0 Å². The third-order valence-electron chi connectivity index (χ3n) is 1.07. The summed E-state index contributed by atoms with van der Waals surface area (Å²) in [6.45, 7) is 1.37. The second kappa shape index (κ2) is 3.81. The van der Waals surface area contributed by atoms with Crippen LogP contribution in [0, 0.1) is 0 Å². The van der Waals surface area contributed by atoms with E-state index in [2.05, 4.69) is 0 Å². The van der Waals surface area contributed by atoms with Gasteiger partial charge in [-0.1, -0.05) is 0 Å². The molecule has 0 heterocycles. The molecule has 4 heteroatoms. The summed E-state index contributed by atoms with van der Waals surface area (Å²) >= 11 is 0. The first-order valence-corrected chi connectivity index (χ1v) is 3.14. The van der Waals surface area contributed by atoms with E-state index in [1.807, 2.05) is 0 Å². The van der Waals surface area contributed by atoms with Gasteiger partial charge in [-0.05, 0) is 19.8 Å². The third-order valence-corrected chi connectivity index (χ3v) is 1.07. The van der Waals surface area contributed by atoms with E-state index in [1.165, 1.54) is 6.92 Å². The van der Waals surface area contributed by atoms with Gasteiger partial charge in [0.25, 0.3) is 0 Å². The van der Waals surface area contributed by atoms with Crippen molar-refractivity contribution in [1.29, 1.82) is 0 Å². The lowest BCUT2D eigenvalue weighted by Gasteiger charge is -2.05. The molecule has 0 spiro atoms. The first kappa shape index (κ1) is 9.75.